The van der Waals surface area contributed by atoms with Gasteiger partial charge in [0.15, 0.2) is 0 Å². The van der Waals surface area contributed by atoms with Gasteiger partial charge in [-0.15, -0.1) is 12.4 Å². The molecule has 0 aliphatic rings. The number of hydrogen-bond donors (Lipinski definition) is 2. The molecular weight excluding hydrogens is 319 g/mol. The van der Waals surface area contributed by atoms with Crippen molar-refractivity contribution in [3.05, 3.63) is 33.8 Å². The van der Waals surface area contributed by atoms with Crippen LogP contribution in [0, 0.1) is 0 Å². The summed E-state index contributed by atoms with van der Waals surface area (Å²) in [7, 11) is 0. The van der Waals surface area contributed by atoms with Crippen LogP contribution in [0.25, 0.3) is 0 Å². The van der Waals surface area contributed by atoms with Gasteiger partial charge in [0.2, 0.25) is 5.91 Å². The van der Waals surface area contributed by atoms with Gasteiger partial charge in [-0.05, 0) is 24.1 Å². The maximum absolute atomic E-state index is 12.0. The van der Waals surface area contributed by atoms with E-state index in [1.165, 1.54) is 0 Å². The first kappa shape index (κ1) is 19.5. The lowest BCUT2D eigenvalue weighted by Gasteiger charge is -2.17. The van der Waals surface area contributed by atoms with Gasteiger partial charge in [-0.25, -0.2) is 0 Å². The number of benzene rings is 1. The Kier molecular flexibility index (Phi) is 10.0. The largest absolute Gasteiger partial charge is 0.352 e. The molecule has 1 rings (SSSR count). The fraction of sp³-hybridized carbons (Fsp3) is 0.500. The highest BCUT2D eigenvalue weighted by Crippen LogP contribution is 2.24. The number of halogens is 3. The minimum atomic E-state index is -0.0958. The summed E-state index contributed by atoms with van der Waals surface area (Å²) in [5.74, 6) is -0.0958. The summed E-state index contributed by atoms with van der Waals surface area (Å²) in [5.41, 5.74) is 6.31. The maximum Gasteiger partial charge on any atom is 0.224 e. The Morgan fingerprint density at radius 1 is 1.35 bits per heavy atom. The van der Waals surface area contributed by atoms with Gasteiger partial charge < -0.3 is 11.1 Å². The molecule has 20 heavy (non-hydrogen) atoms. The second-order valence-corrected chi connectivity index (χ2v) is 5.33. The van der Waals surface area contributed by atoms with Crippen LogP contribution in [0.5, 0.6) is 0 Å². The van der Waals surface area contributed by atoms with E-state index in [0.29, 0.717) is 22.2 Å². The second-order valence-electron chi connectivity index (χ2n) is 4.52. The van der Waals surface area contributed by atoms with Gasteiger partial charge in [0.05, 0.1) is 6.42 Å². The fourth-order valence-corrected chi connectivity index (χ4v) is 2.37. The molecule has 1 amide bonds. The van der Waals surface area contributed by atoms with Crippen molar-refractivity contribution in [3.63, 3.8) is 0 Å². The van der Waals surface area contributed by atoms with Gasteiger partial charge in [-0.3, -0.25) is 4.79 Å². The van der Waals surface area contributed by atoms with Crippen LogP contribution in [0.4, 0.5) is 0 Å². The van der Waals surface area contributed by atoms with Crippen molar-refractivity contribution in [3.8, 4) is 0 Å². The van der Waals surface area contributed by atoms with Gasteiger partial charge in [0.25, 0.3) is 0 Å². The summed E-state index contributed by atoms with van der Waals surface area (Å²) in [6, 6.07) is 5.24. The van der Waals surface area contributed by atoms with E-state index in [1.54, 1.807) is 18.2 Å². The highest BCUT2D eigenvalue weighted by Gasteiger charge is 2.14. The lowest BCUT2D eigenvalue weighted by Crippen LogP contribution is -2.40. The third-order valence-electron chi connectivity index (χ3n) is 2.95. The van der Waals surface area contributed by atoms with Crippen molar-refractivity contribution in [1.82, 2.24) is 5.32 Å². The van der Waals surface area contributed by atoms with E-state index >= 15 is 0 Å². The molecule has 0 bridgehead atoms. The Balaban J connectivity index is 0.00000361. The standard InChI is InChI=1S/C14H20Cl2N2O.ClH/c1-2-3-5-10(9-17)18-14(19)8-11-12(15)6-4-7-13(11)16;/h4,6-7,10H,2-3,5,8-9,17H2,1H3,(H,18,19);1H. The Morgan fingerprint density at radius 2 is 1.95 bits per heavy atom. The van der Waals surface area contributed by atoms with Crippen LogP contribution in [-0.2, 0) is 11.2 Å². The fourth-order valence-electron chi connectivity index (χ4n) is 1.84. The molecular formula is C14H21Cl3N2O. The number of carbonyl (C=O) groups excluding carboxylic acids is 1. The van der Waals surface area contributed by atoms with Crippen LogP contribution in [0.1, 0.15) is 31.7 Å². The Hall–Kier alpha value is -0.480. The summed E-state index contributed by atoms with van der Waals surface area (Å²) >= 11 is 12.1. The minimum Gasteiger partial charge on any atom is -0.352 e. The number of carbonyl (C=O) groups is 1. The molecule has 0 saturated heterocycles. The van der Waals surface area contributed by atoms with E-state index in [4.69, 9.17) is 28.9 Å². The molecule has 0 radical (unpaired) electrons. The summed E-state index contributed by atoms with van der Waals surface area (Å²) < 4.78 is 0. The van der Waals surface area contributed by atoms with Gasteiger partial charge >= 0.3 is 0 Å². The van der Waals surface area contributed by atoms with E-state index in [2.05, 4.69) is 12.2 Å². The van der Waals surface area contributed by atoms with Crippen LogP contribution >= 0.6 is 35.6 Å². The number of amides is 1. The van der Waals surface area contributed by atoms with Gasteiger partial charge in [-0.2, -0.15) is 0 Å². The maximum atomic E-state index is 12.0. The molecule has 3 N–H and O–H groups in total. The van der Waals surface area contributed by atoms with Crippen molar-refractivity contribution in [2.24, 2.45) is 5.73 Å². The third-order valence-corrected chi connectivity index (χ3v) is 3.66. The topological polar surface area (TPSA) is 55.1 Å². The number of nitrogens with two attached hydrogens (primary N) is 1. The first-order valence-corrected chi connectivity index (χ1v) is 7.26. The van der Waals surface area contributed by atoms with Gasteiger partial charge in [0, 0.05) is 22.6 Å². The number of nitrogens with one attached hydrogen (secondary N) is 1. The van der Waals surface area contributed by atoms with Crippen LogP contribution < -0.4 is 11.1 Å². The van der Waals surface area contributed by atoms with Gasteiger partial charge in [0.1, 0.15) is 0 Å². The Morgan fingerprint density at radius 3 is 2.45 bits per heavy atom. The molecule has 0 spiro atoms. The minimum absolute atomic E-state index is 0. The van der Waals surface area contributed by atoms with Gasteiger partial charge in [-0.1, -0.05) is 49.0 Å². The molecule has 1 unspecified atom stereocenters. The monoisotopic (exact) mass is 338 g/mol. The predicted molar refractivity (Wildman–Crippen MR) is 87.9 cm³/mol. The summed E-state index contributed by atoms with van der Waals surface area (Å²) in [4.78, 5) is 12.0. The van der Waals surface area contributed by atoms with E-state index in [-0.39, 0.29) is 30.8 Å². The zero-order valence-electron chi connectivity index (χ0n) is 11.5. The molecule has 0 heterocycles. The van der Waals surface area contributed by atoms with Crippen LogP contribution in [0.15, 0.2) is 18.2 Å². The summed E-state index contributed by atoms with van der Waals surface area (Å²) in [5, 5.41) is 3.95. The molecule has 0 aromatic heterocycles. The quantitative estimate of drug-likeness (QED) is 0.797. The average Bonchev–Trinajstić information content (AvgIpc) is 2.39. The van der Waals surface area contributed by atoms with Crippen LogP contribution in [0.3, 0.4) is 0 Å². The first-order valence-electron chi connectivity index (χ1n) is 6.50. The lowest BCUT2D eigenvalue weighted by atomic mass is 10.1. The van der Waals surface area contributed by atoms with Crippen molar-refractivity contribution in [2.45, 2.75) is 38.6 Å². The molecule has 0 aliphatic carbocycles. The first-order chi connectivity index (χ1) is 9.08. The van der Waals surface area contributed by atoms with Crippen molar-refractivity contribution >= 4 is 41.5 Å². The zero-order valence-corrected chi connectivity index (χ0v) is 13.8. The predicted octanol–water partition coefficient (Wildman–Crippen LogP) is 3.59. The molecule has 0 aliphatic heterocycles. The highest BCUT2D eigenvalue weighted by molar-refractivity contribution is 6.36. The normalized spacial score (nSPS) is 11.6. The Labute approximate surface area is 136 Å². The second kappa shape index (κ2) is 10.3. The molecule has 0 saturated carbocycles. The highest BCUT2D eigenvalue weighted by atomic mass is 35.5. The SMILES string of the molecule is CCCCC(CN)NC(=O)Cc1c(Cl)cccc1Cl.Cl. The lowest BCUT2D eigenvalue weighted by molar-refractivity contribution is -0.121. The van der Waals surface area contributed by atoms with E-state index < -0.39 is 0 Å². The smallest absolute Gasteiger partial charge is 0.224 e. The average molecular weight is 340 g/mol. The van der Waals surface area contributed by atoms with E-state index in [9.17, 15) is 4.79 Å². The summed E-state index contributed by atoms with van der Waals surface area (Å²) in [6.07, 6.45) is 3.22. The van der Waals surface area contributed by atoms with Crippen molar-refractivity contribution < 1.29 is 4.79 Å². The van der Waals surface area contributed by atoms with Crippen molar-refractivity contribution in [1.29, 1.82) is 0 Å². The Bertz CT molecular complexity index is 407. The zero-order chi connectivity index (χ0) is 14.3. The van der Waals surface area contributed by atoms with Crippen LogP contribution in [0.2, 0.25) is 10.0 Å². The number of unbranched alkanes of at least 4 members (excludes halogenated alkanes) is 1. The molecule has 3 nitrogen and oxygen atoms in total. The molecule has 1 aromatic carbocycles. The molecule has 6 heteroatoms. The van der Waals surface area contributed by atoms with E-state index in [1.807, 2.05) is 0 Å². The molecule has 0 fully saturated rings. The molecule has 114 valence electrons. The van der Waals surface area contributed by atoms with Crippen LogP contribution in [-0.4, -0.2) is 18.5 Å². The van der Waals surface area contributed by atoms with Crippen molar-refractivity contribution in [2.75, 3.05) is 6.54 Å². The third kappa shape index (κ3) is 6.31. The van der Waals surface area contributed by atoms with E-state index in [0.717, 1.165) is 19.3 Å². The molecule has 1 atom stereocenters. The molecule has 1 aromatic rings. The number of hydrogen-bond acceptors (Lipinski definition) is 2. The summed E-state index contributed by atoms with van der Waals surface area (Å²) in [6.45, 7) is 2.56. The number of rotatable bonds is 7.